The minimum atomic E-state index is -3.73. The Morgan fingerprint density at radius 2 is 2.10 bits per heavy atom. The van der Waals surface area contributed by atoms with Crippen LogP contribution in [0.5, 0.6) is 0 Å². The predicted octanol–water partition coefficient (Wildman–Crippen LogP) is 2.26. The van der Waals surface area contributed by atoms with Crippen LogP contribution in [-0.4, -0.2) is 34.1 Å². The molecular formula is C12H11ClN4O2S2. The molecule has 0 aromatic carbocycles. The second-order valence-electron chi connectivity index (χ2n) is 4.38. The number of aromatic nitrogens is 3. The second-order valence-corrected chi connectivity index (χ2v) is 7.57. The number of rotatable bonds is 4. The van der Waals surface area contributed by atoms with Gasteiger partial charge in [0.15, 0.2) is 15.1 Å². The maximum absolute atomic E-state index is 12.7. The van der Waals surface area contributed by atoms with Crippen LogP contribution in [0.3, 0.4) is 0 Å². The van der Waals surface area contributed by atoms with Gasteiger partial charge in [0.25, 0.3) is 10.0 Å². The average Bonchev–Trinajstić information content (AvgIpc) is 2.99. The molecule has 0 atom stereocenters. The van der Waals surface area contributed by atoms with Gasteiger partial charge in [-0.2, -0.15) is 4.31 Å². The highest BCUT2D eigenvalue weighted by Gasteiger charge is 2.29. The molecule has 3 rings (SSSR count). The molecule has 0 aliphatic heterocycles. The molecule has 0 unspecified atom stereocenters. The Morgan fingerprint density at radius 3 is 2.81 bits per heavy atom. The van der Waals surface area contributed by atoms with E-state index in [1.807, 2.05) is 0 Å². The van der Waals surface area contributed by atoms with Crippen LogP contribution in [0.4, 0.5) is 0 Å². The van der Waals surface area contributed by atoms with Crippen molar-refractivity contribution in [1.29, 1.82) is 0 Å². The third kappa shape index (κ3) is 2.55. The number of fused-ring (bicyclic) bond motifs is 1. The van der Waals surface area contributed by atoms with Crippen LogP contribution in [0.2, 0.25) is 5.15 Å². The summed E-state index contributed by atoms with van der Waals surface area (Å²) in [5.74, 6) is 0. The summed E-state index contributed by atoms with van der Waals surface area (Å²) in [5, 5.41) is 1.75. The molecule has 0 fully saturated rings. The first-order valence-electron chi connectivity index (χ1n) is 5.96. The van der Waals surface area contributed by atoms with Crippen molar-refractivity contribution in [2.75, 3.05) is 7.05 Å². The smallest absolute Gasteiger partial charge is 0.262 e. The molecule has 9 heteroatoms. The summed E-state index contributed by atoms with van der Waals surface area (Å²) < 4.78 is 28.1. The predicted molar refractivity (Wildman–Crippen MR) is 81.0 cm³/mol. The first-order valence-corrected chi connectivity index (χ1v) is 8.66. The fraction of sp³-hybridized carbons (Fsp3) is 0.167. The number of imidazole rings is 1. The second kappa shape index (κ2) is 5.38. The largest absolute Gasteiger partial charge is 0.279 e. The summed E-state index contributed by atoms with van der Waals surface area (Å²) in [4.78, 5) is 8.52. The van der Waals surface area contributed by atoms with Gasteiger partial charge in [-0.25, -0.2) is 13.4 Å². The fourth-order valence-electron chi connectivity index (χ4n) is 1.95. The Bertz CT molecular complexity index is 873. The molecule has 0 saturated carbocycles. The molecule has 3 aromatic heterocycles. The van der Waals surface area contributed by atoms with Gasteiger partial charge in [0.2, 0.25) is 0 Å². The van der Waals surface area contributed by atoms with Gasteiger partial charge >= 0.3 is 0 Å². The van der Waals surface area contributed by atoms with E-state index in [9.17, 15) is 8.42 Å². The summed E-state index contributed by atoms with van der Waals surface area (Å²) in [7, 11) is -2.22. The van der Waals surface area contributed by atoms with Crippen molar-refractivity contribution in [2.45, 2.75) is 11.6 Å². The van der Waals surface area contributed by atoms with E-state index in [1.54, 1.807) is 36.1 Å². The SMILES string of the molecule is CN(Cc1ccncc1)S(=O)(=O)c1c(Cl)nc2sccn12. The topological polar surface area (TPSA) is 67.6 Å². The highest BCUT2D eigenvalue weighted by Crippen LogP contribution is 2.27. The highest BCUT2D eigenvalue weighted by atomic mass is 35.5. The van der Waals surface area contributed by atoms with Crippen molar-refractivity contribution in [2.24, 2.45) is 0 Å². The summed E-state index contributed by atoms with van der Waals surface area (Å²) in [6, 6.07) is 3.54. The molecule has 21 heavy (non-hydrogen) atoms. The molecule has 0 N–H and O–H groups in total. The number of hydrogen-bond acceptors (Lipinski definition) is 5. The van der Waals surface area contributed by atoms with E-state index in [0.29, 0.717) is 4.96 Å². The molecule has 0 saturated heterocycles. The molecule has 0 aliphatic rings. The first-order chi connectivity index (χ1) is 10.00. The lowest BCUT2D eigenvalue weighted by Crippen LogP contribution is -2.27. The summed E-state index contributed by atoms with van der Waals surface area (Å²) in [5.41, 5.74) is 0.846. The van der Waals surface area contributed by atoms with Gasteiger partial charge in [-0.3, -0.25) is 9.38 Å². The third-order valence-electron chi connectivity index (χ3n) is 2.99. The number of thiazole rings is 1. The fourth-order valence-corrected chi connectivity index (χ4v) is 4.50. The van der Waals surface area contributed by atoms with Gasteiger partial charge in [-0.1, -0.05) is 11.6 Å². The van der Waals surface area contributed by atoms with Gasteiger partial charge in [0.1, 0.15) is 0 Å². The van der Waals surface area contributed by atoms with Crippen LogP contribution in [0.15, 0.2) is 41.1 Å². The van der Waals surface area contributed by atoms with Crippen molar-refractivity contribution in [3.05, 3.63) is 46.8 Å². The van der Waals surface area contributed by atoms with Crippen LogP contribution < -0.4 is 0 Å². The van der Waals surface area contributed by atoms with E-state index < -0.39 is 10.0 Å². The summed E-state index contributed by atoms with van der Waals surface area (Å²) >= 11 is 7.33. The zero-order valence-corrected chi connectivity index (χ0v) is 13.4. The molecule has 110 valence electrons. The number of halogens is 1. The molecular weight excluding hydrogens is 332 g/mol. The van der Waals surface area contributed by atoms with Crippen molar-refractivity contribution < 1.29 is 8.42 Å². The van der Waals surface area contributed by atoms with Gasteiger partial charge in [0, 0.05) is 37.6 Å². The van der Waals surface area contributed by atoms with Gasteiger partial charge in [-0.05, 0) is 17.7 Å². The van der Waals surface area contributed by atoms with E-state index in [4.69, 9.17) is 11.6 Å². The highest BCUT2D eigenvalue weighted by molar-refractivity contribution is 7.89. The van der Waals surface area contributed by atoms with Crippen molar-refractivity contribution in [3.8, 4) is 0 Å². The molecule has 3 heterocycles. The van der Waals surface area contributed by atoms with Gasteiger partial charge in [0.05, 0.1) is 0 Å². The van der Waals surface area contributed by atoms with Crippen LogP contribution in [-0.2, 0) is 16.6 Å². The quantitative estimate of drug-likeness (QED) is 0.729. The monoisotopic (exact) mass is 342 g/mol. The molecule has 3 aromatic rings. The normalized spacial score (nSPS) is 12.3. The third-order valence-corrected chi connectivity index (χ3v) is 5.95. The van der Waals surface area contributed by atoms with Gasteiger partial charge in [-0.15, -0.1) is 11.3 Å². The lowest BCUT2D eigenvalue weighted by molar-refractivity contribution is 0.463. The molecule has 0 bridgehead atoms. The van der Waals surface area contributed by atoms with E-state index in [0.717, 1.165) is 5.56 Å². The van der Waals surface area contributed by atoms with E-state index >= 15 is 0 Å². The van der Waals surface area contributed by atoms with E-state index in [-0.39, 0.29) is 16.7 Å². The Balaban J connectivity index is 2.00. The number of pyridine rings is 1. The average molecular weight is 343 g/mol. The van der Waals surface area contributed by atoms with Crippen LogP contribution >= 0.6 is 22.9 Å². The molecule has 0 aliphatic carbocycles. The summed E-state index contributed by atoms with van der Waals surface area (Å²) in [6.45, 7) is 0.235. The summed E-state index contributed by atoms with van der Waals surface area (Å²) in [6.07, 6.45) is 4.89. The lowest BCUT2D eigenvalue weighted by atomic mass is 10.3. The molecule has 0 spiro atoms. The zero-order chi connectivity index (χ0) is 15.0. The Morgan fingerprint density at radius 1 is 1.38 bits per heavy atom. The Kier molecular flexibility index (Phi) is 3.70. The van der Waals surface area contributed by atoms with E-state index in [1.165, 1.54) is 27.1 Å². The standard InChI is InChI=1S/C12H11ClN4O2S2/c1-16(8-9-2-4-14-5-3-9)21(18,19)11-10(13)15-12-17(11)6-7-20-12/h2-7H,8H2,1H3. The number of nitrogens with zero attached hydrogens (tertiary/aromatic N) is 4. The molecule has 0 radical (unpaired) electrons. The molecule has 6 nitrogen and oxygen atoms in total. The van der Waals surface area contributed by atoms with Crippen LogP contribution in [0.1, 0.15) is 5.56 Å². The zero-order valence-electron chi connectivity index (χ0n) is 11.0. The van der Waals surface area contributed by atoms with Crippen molar-refractivity contribution in [3.63, 3.8) is 0 Å². The first kappa shape index (κ1) is 14.5. The number of sulfonamides is 1. The van der Waals surface area contributed by atoms with Gasteiger partial charge < -0.3 is 0 Å². The van der Waals surface area contributed by atoms with Crippen LogP contribution in [0, 0.1) is 0 Å². The lowest BCUT2D eigenvalue weighted by Gasteiger charge is -2.16. The van der Waals surface area contributed by atoms with Crippen LogP contribution in [0.25, 0.3) is 4.96 Å². The molecule has 0 amide bonds. The van der Waals surface area contributed by atoms with Crippen molar-refractivity contribution in [1.82, 2.24) is 18.7 Å². The minimum Gasteiger partial charge on any atom is -0.279 e. The van der Waals surface area contributed by atoms with Crippen molar-refractivity contribution >= 4 is 37.9 Å². The van der Waals surface area contributed by atoms with E-state index in [2.05, 4.69) is 9.97 Å². The maximum atomic E-state index is 12.7. The number of hydrogen-bond donors (Lipinski definition) is 0. The minimum absolute atomic E-state index is 0.00280. The maximum Gasteiger partial charge on any atom is 0.262 e. The Labute approximate surface area is 130 Å². The Hall–Kier alpha value is -1.48.